The van der Waals surface area contributed by atoms with Crippen LogP contribution in [0.15, 0.2) is 67.3 Å². The van der Waals surface area contributed by atoms with Crippen LogP contribution < -0.4 is 10.2 Å². The van der Waals surface area contributed by atoms with Gasteiger partial charge >= 0.3 is 0 Å². The van der Waals surface area contributed by atoms with E-state index in [1.807, 2.05) is 36.4 Å². The summed E-state index contributed by atoms with van der Waals surface area (Å²) >= 11 is 0. The zero-order valence-corrected chi connectivity index (χ0v) is 16.1. The molecule has 0 radical (unpaired) electrons. The predicted octanol–water partition coefficient (Wildman–Crippen LogP) is 2.49. The smallest absolute Gasteiger partial charge is 0.270 e. The van der Waals surface area contributed by atoms with Crippen LogP contribution >= 0.6 is 0 Å². The molecular formula is C22H19N7O. The third-order valence-corrected chi connectivity index (χ3v) is 5.10. The summed E-state index contributed by atoms with van der Waals surface area (Å²) in [5.41, 5.74) is 2.71. The Kier molecular flexibility index (Phi) is 4.72. The summed E-state index contributed by atoms with van der Waals surface area (Å²) < 4.78 is 0. The normalized spacial score (nSPS) is 16.0. The molecule has 1 aliphatic rings. The molecule has 1 atom stereocenters. The summed E-state index contributed by atoms with van der Waals surface area (Å²) in [5.74, 6) is 0.459. The van der Waals surface area contributed by atoms with E-state index in [2.05, 4.69) is 35.1 Å². The first-order valence-electron chi connectivity index (χ1n) is 9.77. The lowest BCUT2D eigenvalue weighted by Gasteiger charge is -2.17. The van der Waals surface area contributed by atoms with Crippen molar-refractivity contribution in [2.24, 2.45) is 0 Å². The molecule has 148 valence electrons. The van der Waals surface area contributed by atoms with E-state index in [-0.39, 0.29) is 11.9 Å². The van der Waals surface area contributed by atoms with Gasteiger partial charge in [-0.15, -0.1) is 0 Å². The van der Waals surface area contributed by atoms with Crippen LogP contribution in [0, 0.1) is 0 Å². The number of rotatable bonds is 4. The lowest BCUT2D eigenvalue weighted by Crippen LogP contribution is -2.37. The Balaban J connectivity index is 1.27. The van der Waals surface area contributed by atoms with E-state index in [1.54, 1.807) is 30.9 Å². The summed E-state index contributed by atoms with van der Waals surface area (Å²) in [5, 5.41) is 3.98. The summed E-state index contributed by atoms with van der Waals surface area (Å²) in [6, 6.07) is 13.1. The molecule has 4 aromatic rings. The zero-order valence-electron chi connectivity index (χ0n) is 16.1. The number of carbonyl (C=O) groups excluding carboxylic acids is 1. The highest BCUT2D eigenvalue weighted by Crippen LogP contribution is 2.21. The van der Waals surface area contributed by atoms with Crippen LogP contribution in [0.4, 0.5) is 5.95 Å². The summed E-state index contributed by atoms with van der Waals surface area (Å²) in [6.45, 7) is 1.42. The third kappa shape index (κ3) is 3.67. The third-order valence-electron chi connectivity index (χ3n) is 5.10. The Morgan fingerprint density at radius 3 is 2.83 bits per heavy atom. The van der Waals surface area contributed by atoms with Gasteiger partial charge < -0.3 is 10.2 Å². The standard InChI is InChI=1S/C22H19N7O/c30-21(19-6-5-15-3-2-10-24-20(15)27-19)26-17-8-12-29(14-17)22-25-11-7-18(28-22)16-4-1-9-23-13-16/h1-7,9-11,13,17H,8,12,14H2,(H,26,30). The maximum Gasteiger partial charge on any atom is 0.270 e. The molecule has 0 aliphatic carbocycles. The summed E-state index contributed by atoms with van der Waals surface area (Å²) in [4.78, 5) is 36.6. The number of carbonyl (C=O) groups is 1. The van der Waals surface area contributed by atoms with Gasteiger partial charge in [-0.3, -0.25) is 9.78 Å². The average molecular weight is 397 g/mol. The first kappa shape index (κ1) is 18.1. The van der Waals surface area contributed by atoms with Gasteiger partial charge in [0.15, 0.2) is 5.65 Å². The highest BCUT2D eigenvalue weighted by molar-refractivity contribution is 5.94. The second-order valence-corrected chi connectivity index (χ2v) is 7.14. The van der Waals surface area contributed by atoms with Crippen LogP contribution in [0.2, 0.25) is 0 Å². The van der Waals surface area contributed by atoms with Gasteiger partial charge in [-0.2, -0.15) is 0 Å². The molecular weight excluding hydrogens is 378 g/mol. The number of hydrogen-bond donors (Lipinski definition) is 1. The minimum atomic E-state index is -0.195. The van der Waals surface area contributed by atoms with E-state index in [9.17, 15) is 4.79 Å². The first-order chi connectivity index (χ1) is 14.8. The van der Waals surface area contributed by atoms with Crippen LogP contribution in [0.3, 0.4) is 0 Å². The molecule has 1 saturated heterocycles. The Morgan fingerprint density at radius 1 is 1.00 bits per heavy atom. The number of pyridine rings is 3. The van der Waals surface area contributed by atoms with Crippen LogP contribution in [0.1, 0.15) is 16.9 Å². The highest BCUT2D eigenvalue weighted by Gasteiger charge is 2.26. The number of aromatic nitrogens is 5. The van der Waals surface area contributed by atoms with Gasteiger partial charge in [0.1, 0.15) is 5.69 Å². The number of anilines is 1. The molecule has 8 nitrogen and oxygen atoms in total. The second-order valence-electron chi connectivity index (χ2n) is 7.14. The molecule has 1 aliphatic heterocycles. The van der Waals surface area contributed by atoms with Crippen molar-refractivity contribution in [1.82, 2.24) is 30.2 Å². The quantitative estimate of drug-likeness (QED) is 0.565. The SMILES string of the molecule is O=C(NC1CCN(c2nccc(-c3cccnc3)n2)C1)c1ccc2cccnc2n1. The topological polar surface area (TPSA) is 96.8 Å². The number of amides is 1. The number of nitrogens with one attached hydrogen (secondary N) is 1. The van der Waals surface area contributed by atoms with Gasteiger partial charge in [0.25, 0.3) is 5.91 Å². The Hall–Kier alpha value is -3.94. The van der Waals surface area contributed by atoms with Gasteiger partial charge in [0, 0.05) is 54.9 Å². The molecule has 0 spiro atoms. The van der Waals surface area contributed by atoms with Crippen molar-refractivity contribution < 1.29 is 4.79 Å². The van der Waals surface area contributed by atoms with Crippen molar-refractivity contribution >= 4 is 22.9 Å². The van der Waals surface area contributed by atoms with E-state index >= 15 is 0 Å². The van der Waals surface area contributed by atoms with Gasteiger partial charge in [-0.1, -0.05) is 0 Å². The van der Waals surface area contributed by atoms with E-state index in [1.165, 1.54) is 0 Å². The van der Waals surface area contributed by atoms with Crippen molar-refractivity contribution in [2.45, 2.75) is 12.5 Å². The molecule has 30 heavy (non-hydrogen) atoms. The molecule has 0 saturated carbocycles. The fraction of sp³-hybridized carbons (Fsp3) is 0.182. The van der Waals surface area contributed by atoms with Gasteiger partial charge in [0.2, 0.25) is 5.95 Å². The molecule has 5 heterocycles. The zero-order chi connectivity index (χ0) is 20.3. The fourth-order valence-electron chi connectivity index (χ4n) is 3.57. The van der Waals surface area contributed by atoms with Gasteiger partial charge in [-0.25, -0.2) is 19.9 Å². The fourth-order valence-corrected chi connectivity index (χ4v) is 3.57. The van der Waals surface area contributed by atoms with Crippen molar-refractivity contribution in [3.8, 4) is 11.3 Å². The van der Waals surface area contributed by atoms with Gasteiger partial charge in [-0.05, 0) is 48.9 Å². The predicted molar refractivity (Wildman–Crippen MR) is 113 cm³/mol. The van der Waals surface area contributed by atoms with Crippen molar-refractivity contribution in [3.05, 3.63) is 72.9 Å². The average Bonchev–Trinajstić information content (AvgIpc) is 3.28. The van der Waals surface area contributed by atoms with Crippen LogP contribution in [0.25, 0.3) is 22.3 Å². The molecule has 1 unspecified atom stereocenters. The lowest BCUT2D eigenvalue weighted by molar-refractivity contribution is 0.0935. The Bertz CT molecular complexity index is 1200. The molecule has 1 N–H and O–H groups in total. The monoisotopic (exact) mass is 397 g/mol. The van der Waals surface area contributed by atoms with Crippen LogP contribution in [-0.4, -0.2) is 50.0 Å². The highest BCUT2D eigenvalue weighted by atomic mass is 16.2. The number of hydrogen-bond acceptors (Lipinski definition) is 7. The van der Waals surface area contributed by atoms with E-state index in [0.717, 1.165) is 29.6 Å². The number of fused-ring (bicyclic) bond motifs is 1. The minimum absolute atomic E-state index is 0.00405. The molecule has 8 heteroatoms. The summed E-state index contributed by atoms with van der Waals surface area (Å²) in [7, 11) is 0. The number of nitrogens with zero attached hydrogens (tertiary/aromatic N) is 6. The summed E-state index contributed by atoms with van der Waals surface area (Å²) in [6.07, 6.45) is 7.76. The second kappa shape index (κ2) is 7.82. The van der Waals surface area contributed by atoms with Crippen molar-refractivity contribution in [3.63, 3.8) is 0 Å². The maximum absolute atomic E-state index is 12.7. The molecule has 1 fully saturated rings. The van der Waals surface area contributed by atoms with E-state index in [4.69, 9.17) is 0 Å². The van der Waals surface area contributed by atoms with E-state index in [0.29, 0.717) is 23.8 Å². The largest absolute Gasteiger partial charge is 0.346 e. The molecule has 0 bridgehead atoms. The molecule has 1 amide bonds. The van der Waals surface area contributed by atoms with Crippen LogP contribution in [-0.2, 0) is 0 Å². The van der Waals surface area contributed by atoms with Crippen molar-refractivity contribution in [1.29, 1.82) is 0 Å². The Morgan fingerprint density at radius 2 is 1.93 bits per heavy atom. The lowest BCUT2D eigenvalue weighted by atomic mass is 10.2. The molecule has 4 aromatic heterocycles. The first-order valence-corrected chi connectivity index (χ1v) is 9.77. The maximum atomic E-state index is 12.7. The van der Waals surface area contributed by atoms with Gasteiger partial charge in [0.05, 0.1) is 5.69 Å². The molecule has 5 rings (SSSR count). The Labute approximate surface area is 173 Å². The minimum Gasteiger partial charge on any atom is -0.346 e. The van der Waals surface area contributed by atoms with Crippen LogP contribution in [0.5, 0.6) is 0 Å². The molecule has 0 aromatic carbocycles. The van der Waals surface area contributed by atoms with E-state index < -0.39 is 0 Å². The van der Waals surface area contributed by atoms with Crippen molar-refractivity contribution in [2.75, 3.05) is 18.0 Å².